The molecule has 0 radical (unpaired) electrons. The topological polar surface area (TPSA) is 73.9 Å². The first-order valence-corrected chi connectivity index (χ1v) is 9.93. The van der Waals surface area contributed by atoms with Gasteiger partial charge in [0, 0.05) is 17.3 Å². The highest BCUT2D eigenvalue weighted by Gasteiger charge is 2.20. The van der Waals surface area contributed by atoms with E-state index < -0.39 is 18.0 Å². The largest absolute Gasteiger partial charge is 0.491 e. The zero-order chi connectivity index (χ0) is 20.8. The molecule has 2 aromatic carbocycles. The van der Waals surface area contributed by atoms with Crippen LogP contribution in [0, 0.1) is 6.92 Å². The predicted molar refractivity (Wildman–Crippen MR) is 111 cm³/mol. The van der Waals surface area contributed by atoms with Crippen molar-refractivity contribution in [3.05, 3.63) is 58.6 Å². The molecule has 0 unspecified atom stereocenters. The maximum Gasteiger partial charge on any atom is 0.338 e. The first-order chi connectivity index (χ1) is 13.9. The SMILES string of the molecule is Cc1c(Cl)cccc1NC(=O)[C@@H](C)OC(=O)c1ccc(OC[C@H]2CCCO2)cc1. The van der Waals surface area contributed by atoms with E-state index >= 15 is 0 Å². The summed E-state index contributed by atoms with van der Waals surface area (Å²) in [5.74, 6) is -0.361. The van der Waals surface area contributed by atoms with Crippen LogP contribution in [0.2, 0.25) is 5.02 Å². The molecule has 2 atom stereocenters. The van der Waals surface area contributed by atoms with E-state index in [1.54, 1.807) is 49.4 Å². The van der Waals surface area contributed by atoms with Crippen LogP contribution in [0.5, 0.6) is 5.75 Å². The fourth-order valence-electron chi connectivity index (χ4n) is 2.91. The Bertz CT molecular complexity index is 862. The van der Waals surface area contributed by atoms with Crippen molar-refractivity contribution in [3.8, 4) is 5.75 Å². The van der Waals surface area contributed by atoms with Crippen LogP contribution in [-0.2, 0) is 14.3 Å². The molecule has 0 aromatic heterocycles. The smallest absolute Gasteiger partial charge is 0.338 e. The van der Waals surface area contributed by atoms with E-state index in [-0.39, 0.29) is 6.10 Å². The molecule has 1 N–H and O–H groups in total. The van der Waals surface area contributed by atoms with Gasteiger partial charge in [-0.1, -0.05) is 17.7 Å². The average molecular weight is 418 g/mol. The number of esters is 1. The number of amides is 1. The minimum absolute atomic E-state index is 0.127. The van der Waals surface area contributed by atoms with Crippen molar-refractivity contribution < 1.29 is 23.8 Å². The van der Waals surface area contributed by atoms with E-state index in [2.05, 4.69) is 5.32 Å². The van der Waals surface area contributed by atoms with Crippen LogP contribution in [0.1, 0.15) is 35.7 Å². The average Bonchev–Trinajstić information content (AvgIpc) is 3.24. The molecule has 1 aliphatic heterocycles. The molecule has 1 saturated heterocycles. The normalized spacial score (nSPS) is 16.9. The zero-order valence-electron chi connectivity index (χ0n) is 16.4. The number of hydrogen-bond donors (Lipinski definition) is 1. The van der Waals surface area contributed by atoms with Crippen LogP contribution in [0.3, 0.4) is 0 Å². The quantitative estimate of drug-likeness (QED) is 0.676. The maximum atomic E-state index is 12.3. The van der Waals surface area contributed by atoms with Gasteiger partial charge >= 0.3 is 5.97 Å². The first-order valence-electron chi connectivity index (χ1n) is 9.55. The van der Waals surface area contributed by atoms with Crippen LogP contribution in [-0.4, -0.2) is 37.3 Å². The van der Waals surface area contributed by atoms with Crippen molar-refractivity contribution in [2.45, 2.75) is 38.9 Å². The van der Waals surface area contributed by atoms with Crippen molar-refractivity contribution >= 4 is 29.2 Å². The summed E-state index contributed by atoms with van der Waals surface area (Å²) >= 11 is 6.06. The first kappa shape index (κ1) is 21.1. The molecule has 2 aromatic rings. The van der Waals surface area contributed by atoms with Gasteiger partial charge in [0.05, 0.1) is 11.7 Å². The third kappa shape index (κ3) is 5.71. The summed E-state index contributed by atoms with van der Waals surface area (Å²) in [6.07, 6.45) is 1.22. The Morgan fingerprint density at radius 3 is 2.69 bits per heavy atom. The Labute approximate surface area is 175 Å². The van der Waals surface area contributed by atoms with E-state index in [0.29, 0.717) is 28.6 Å². The number of benzene rings is 2. The third-order valence-corrected chi connectivity index (χ3v) is 5.14. The van der Waals surface area contributed by atoms with Gasteiger partial charge < -0.3 is 19.5 Å². The molecule has 0 bridgehead atoms. The Hall–Kier alpha value is -2.57. The molecule has 0 spiro atoms. The van der Waals surface area contributed by atoms with E-state index in [9.17, 15) is 9.59 Å². The van der Waals surface area contributed by atoms with E-state index in [1.807, 2.05) is 0 Å². The van der Waals surface area contributed by atoms with Gasteiger partial charge in [-0.2, -0.15) is 0 Å². The molecule has 154 valence electrons. The van der Waals surface area contributed by atoms with Gasteiger partial charge in [0.25, 0.3) is 5.91 Å². The van der Waals surface area contributed by atoms with E-state index in [4.69, 9.17) is 25.8 Å². The van der Waals surface area contributed by atoms with Gasteiger partial charge in [0.2, 0.25) is 0 Å². The van der Waals surface area contributed by atoms with Crippen molar-refractivity contribution in [1.82, 2.24) is 0 Å². The lowest BCUT2D eigenvalue weighted by Crippen LogP contribution is -2.30. The summed E-state index contributed by atoms with van der Waals surface area (Å²) in [7, 11) is 0. The standard InChI is InChI=1S/C22H24ClNO5/c1-14-19(23)6-3-7-20(14)24-21(25)15(2)29-22(26)16-8-10-17(11-9-16)28-13-18-5-4-12-27-18/h3,6-11,15,18H,4-5,12-13H2,1-2H3,(H,24,25)/t15-,18-/m1/s1. The van der Waals surface area contributed by atoms with Crippen molar-refractivity contribution in [3.63, 3.8) is 0 Å². The lowest BCUT2D eigenvalue weighted by atomic mass is 10.2. The van der Waals surface area contributed by atoms with Crippen LogP contribution in [0.4, 0.5) is 5.69 Å². The van der Waals surface area contributed by atoms with Crippen LogP contribution < -0.4 is 10.1 Å². The molecule has 1 heterocycles. The number of ether oxygens (including phenoxy) is 3. The Kier molecular flexibility index (Phi) is 7.12. The van der Waals surface area contributed by atoms with Gasteiger partial charge in [-0.25, -0.2) is 4.79 Å². The second kappa shape index (κ2) is 9.76. The Morgan fingerprint density at radius 2 is 2.00 bits per heavy atom. The molecular formula is C22H24ClNO5. The minimum atomic E-state index is -0.962. The summed E-state index contributed by atoms with van der Waals surface area (Å²) in [6, 6.07) is 11.8. The Balaban J connectivity index is 1.51. The molecule has 1 amide bonds. The number of carbonyl (C=O) groups is 2. The van der Waals surface area contributed by atoms with Gasteiger partial charge in [0.1, 0.15) is 12.4 Å². The molecule has 6 nitrogen and oxygen atoms in total. The summed E-state index contributed by atoms with van der Waals surface area (Å²) in [6.45, 7) is 4.59. The molecular weight excluding hydrogens is 394 g/mol. The molecule has 29 heavy (non-hydrogen) atoms. The number of hydrogen-bond acceptors (Lipinski definition) is 5. The van der Waals surface area contributed by atoms with Crippen LogP contribution in [0.25, 0.3) is 0 Å². The number of rotatable bonds is 7. The minimum Gasteiger partial charge on any atom is -0.491 e. The summed E-state index contributed by atoms with van der Waals surface area (Å²) < 4.78 is 16.5. The molecule has 0 saturated carbocycles. The highest BCUT2D eigenvalue weighted by atomic mass is 35.5. The second-order valence-electron chi connectivity index (χ2n) is 6.92. The van der Waals surface area contributed by atoms with E-state index in [0.717, 1.165) is 25.0 Å². The monoisotopic (exact) mass is 417 g/mol. The van der Waals surface area contributed by atoms with E-state index in [1.165, 1.54) is 6.92 Å². The number of anilines is 1. The predicted octanol–water partition coefficient (Wildman–Crippen LogP) is 4.39. The van der Waals surface area contributed by atoms with Gasteiger partial charge in [-0.15, -0.1) is 0 Å². The second-order valence-corrected chi connectivity index (χ2v) is 7.33. The fourth-order valence-corrected chi connectivity index (χ4v) is 3.09. The number of halogens is 1. The lowest BCUT2D eigenvalue weighted by molar-refractivity contribution is -0.123. The molecule has 3 rings (SSSR count). The summed E-state index contributed by atoms with van der Waals surface area (Å²) in [5, 5.41) is 3.28. The maximum absolute atomic E-state index is 12.3. The summed E-state index contributed by atoms with van der Waals surface area (Å²) in [5.41, 5.74) is 1.67. The van der Waals surface area contributed by atoms with Crippen molar-refractivity contribution in [2.75, 3.05) is 18.5 Å². The van der Waals surface area contributed by atoms with Crippen LogP contribution >= 0.6 is 11.6 Å². The van der Waals surface area contributed by atoms with Crippen molar-refractivity contribution in [1.29, 1.82) is 0 Å². The van der Waals surface area contributed by atoms with Crippen molar-refractivity contribution in [2.24, 2.45) is 0 Å². The summed E-state index contributed by atoms with van der Waals surface area (Å²) in [4.78, 5) is 24.7. The highest BCUT2D eigenvalue weighted by molar-refractivity contribution is 6.31. The molecule has 7 heteroatoms. The lowest BCUT2D eigenvalue weighted by Gasteiger charge is -2.15. The number of carbonyl (C=O) groups excluding carboxylic acids is 2. The van der Waals surface area contributed by atoms with Crippen LogP contribution in [0.15, 0.2) is 42.5 Å². The van der Waals surface area contributed by atoms with Gasteiger partial charge in [0.15, 0.2) is 6.10 Å². The third-order valence-electron chi connectivity index (χ3n) is 4.73. The molecule has 0 aliphatic carbocycles. The Morgan fingerprint density at radius 1 is 1.24 bits per heavy atom. The zero-order valence-corrected chi connectivity index (χ0v) is 17.2. The fraction of sp³-hybridized carbons (Fsp3) is 0.364. The molecule has 1 fully saturated rings. The molecule has 1 aliphatic rings. The van der Waals surface area contributed by atoms with Gasteiger partial charge in [-0.05, 0) is 68.7 Å². The van der Waals surface area contributed by atoms with Gasteiger partial charge in [-0.3, -0.25) is 4.79 Å². The number of nitrogens with one attached hydrogen (secondary N) is 1. The highest BCUT2D eigenvalue weighted by Crippen LogP contribution is 2.23.